The average Bonchev–Trinajstić information content (AvgIpc) is 2.36. The summed E-state index contributed by atoms with van der Waals surface area (Å²) in [5.41, 5.74) is -0.457. The Balaban J connectivity index is 2.20. The van der Waals surface area contributed by atoms with Crippen LogP contribution in [-0.2, 0) is 14.3 Å². The van der Waals surface area contributed by atoms with Gasteiger partial charge in [0.2, 0.25) is 0 Å². The lowest BCUT2D eigenvalue weighted by Crippen LogP contribution is -2.40. The quantitative estimate of drug-likeness (QED) is 0.790. The Morgan fingerprint density at radius 3 is 2.29 bits per heavy atom. The fourth-order valence-corrected chi connectivity index (χ4v) is 2.62. The Labute approximate surface area is 127 Å². The number of hydrogen-bond donors (Lipinski definition) is 1. The van der Waals surface area contributed by atoms with E-state index in [0.717, 1.165) is 32.1 Å². The van der Waals surface area contributed by atoms with Gasteiger partial charge in [0.1, 0.15) is 5.60 Å². The number of carbonyl (C=O) groups excluding carboxylic acids is 2. The van der Waals surface area contributed by atoms with Crippen molar-refractivity contribution in [3.8, 4) is 0 Å². The standard InChI is InChI=1S/C16H29NO4/c1-5-20-14(18)11-8-12-6-9-13(10-7-12)17-15(19)21-16(2,3)4/h12-13H,5-11H2,1-4H3,(H,17,19). The molecule has 0 aliphatic heterocycles. The molecule has 0 aromatic rings. The van der Waals surface area contributed by atoms with Gasteiger partial charge >= 0.3 is 12.1 Å². The van der Waals surface area contributed by atoms with Crippen LogP contribution < -0.4 is 5.32 Å². The summed E-state index contributed by atoms with van der Waals surface area (Å²) >= 11 is 0. The van der Waals surface area contributed by atoms with Crippen LogP contribution in [0.15, 0.2) is 0 Å². The van der Waals surface area contributed by atoms with E-state index in [1.807, 2.05) is 27.7 Å². The molecule has 1 aliphatic rings. The zero-order chi connectivity index (χ0) is 15.9. The second-order valence-electron chi connectivity index (χ2n) is 6.71. The third-order valence-electron chi connectivity index (χ3n) is 3.63. The van der Waals surface area contributed by atoms with Crippen molar-refractivity contribution in [3.63, 3.8) is 0 Å². The summed E-state index contributed by atoms with van der Waals surface area (Å²) in [6, 6.07) is 0.193. The average molecular weight is 299 g/mol. The van der Waals surface area contributed by atoms with Gasteiger partial charge in [-0.2, -0.15) is 0 Å². The van der Waals surface area contributed by atoms with E-state index in [9.17, 15) is 9.59 Å². The molecular weight excluding hydrogens is 270 g/mol. The Kier molecular flexibility index (Phi) is 6.99. The van der Waals surface area contributed by atoms with Crippen LogP contribution in [0, 0.1) is 5.92 Å². The number of rotatable bonds is 5. The van der Waals surface area contributed by atoms with Crippen LogP contribution in [0.5, 0.6) is 0 Å². The molecule has 1 saturated carbocycles. The first-order valence-corrected chi connectivity index (χ1v) is 7.95. The molecule has 1 aliphatic carbocycles. The first kappa shape index (κ1) is 17.8. The predicted octanol–water partition coefficient (Wildman–Crippen LogP) is 3.41. The van der Waals surface area contributed by atoms with Crippen molar-refractivity contribution in [2.24, 2.45) is 5.92 Å². The van der Waals surface area contributed by atoms with Gasteiger partial charge < -0.3 is 14.8 Å². The summed E-state index contributed by atoms with van der Waals surface area (Å²) in [6.45, 7) is 7.85. The zero-order valence-corrected chi connectivity index (χ0v) is 13.7. The topological polar surface area (TPSA) is 64.6 Å². The molecular formula is C16H29NO4. The summed E-state index contributed by atoms with van der Waals surface area (Å²) < 4.78 is 10.2. The van der Waals surface area contributed by atoms with E-state index in [1.54, 1.807) is 0 Å². The number of ether oxygens (including phenoxy) is 2. The molecule has 1 fully saturated rings. The Hall–Kier alpha value is -1.26. The molecule has 0 saturated heterocycles. The number of alkyl carbamates (subject to hydrolysis) is 1. The highest BCUT2D eigenvalue weighted by molar-refractivity contribution is 5.69. The third-order valence-corrected chi connectivity index (χ3v) is 3.63. The second kappa shape index (κ2) is 8.25. The van der Waals surface area contributed by atoms with Gasteiger partial charge in [0.15, 0.2) is 0 Å². The van der Waals surface area contributed by atoms with E-state index in [4.69, 9.17) is 9.47 Å². The minimum absolute atomic E-state index is 0.105. The fraction of sp³-hybridized carbons (Fsp3) is 0.875. The minimum atomic E-state index is -0.457. The molecule has 0 heterocycles. The summed E-state index contributed by atoms with van der Waals surface area (Å²) in [5, 5.41) is 2.93. The molecule has 1 rings (SSSR count). The van der Waals surface area contributed by atoms with E-state index in [2.05, 4.69) is 5.32 Å². The lowest BCUT2D eigenvalue weighted by molar-refractivity contribution is -0.143. The molecule has 1 N–H and O–H groups in total. The first-order chi connectivity index (χ1) is 9.80. The summed E-state index contributed by atoms with van der Waals surface area (Å²) in [5.74, 6) is 0.456. The highest BCUT2D eigenvalue weighted by Gasteiger charge is 2.25. The molecule has 0 atom stereocenters. The monoisotopic (exact) mass is 299 g/mol. The molecule has 0 aromatic heterocycles. The molecule has 0 radical (unpaired) electrons. The van der Waals surface area contributed by atoms with Gasteiger partial charge in [-0.15, -0.1) is 0 Å². The van der Waals surface area contributed by atoms with Gasteiger partial charge in [-0.05, 0) is 65.7 Å². The predicted molar refractivity (Wildman–Crippen MR) is 81.0 cm³/mol. The van der Waals surface area contributed by atoms with Gasteiger partial charge in [-0.3, -0.25) is 4.79 Å². The van der Waals surface area contributed by atoms with Crippen molar-refractivity contribution >= 4 is 12.1 Å². The van der Waals surface area contributed by atoms with Crippen molar-refractivity contribution in [3.05, 3.63) is 0 Å². The van der Waals surface area contributed by atoms with E-state index in [1.165, 1.54) is 0 Å². The molecule has 1 amide bonds. The molecule has 5 heteroatoms. The van der Waals surface area contributed by atoms with Crippen LogP contribution in [0.3, 0.4) is 0 Å². The molecule has 122 valence electrons. The van der Waals surface area contributed by atoms with E-state index in [-0.39, 0.29) is 18.1 Å². The second-order valence-corrected chi connectivity index (χ2v) is 6.71. The number of hydrogen-bond acceptors (Lipinski definition) is 4. The fourth-order valence-electron chi connectivity index (χ4n) is 2.62. The lowest BCUT2D eigenvalue weighted by Gasteiger charge is -2.30. The van der Waals surface area contributed by atoms with Crippen LogP contribution in [0.1, 0.15) is 66.2 Å². The zero-order valence-electron chi connectivity index (χ0n) is 13.7. The summed E-state index contributed by atoms with van der Waals surface area (Å²) in [4.78, 5) is 23.0. The smallest absolute Gasteiger partial charge is 0.407 e. The van der Waals surface area contributed by atoms with Crippen molar-refractivity contribution in [1.82, 2.24) is 5.32 Å². The van der Waals surface area contributed by atoms with E-state index in [0.29, 0.717) is 18.9 Å². The Morgan fingerprint density at radius 2 is 1.76 bits per heavy atom. The minimum Gasteiger partial charge on any atom is -0.466 e. The highest BCUT2D eigenvalue weighted by atomic mass is 16.6. The third kappa shape index (κ3) is 7.93. The Bertz CT molecular complexity index is 341. The van der Waals surface area contributed by atoms with Gasteiger partial charge in [0.25, 0.3) is 0 Å². The summed E-state index contributed by atoms with van der Waals surface area (Å²) in [7, 11) is 0. The van der Waals surface area contributed by atoms with Gasteiger partial charge in [-0.25, -0.2) is 4.79 Å². The number of carbonyl (C=O) groups is 2. The van der Waals surface area contributed by atoms with Crippen LogP contribution in [-0.4, -0.2) is 30.3 Å². The van der Waals surface area contributed by atoms with Crippen LogP contribution in [0.25, 0.3) is 0 Å². The molecule has 0 unspecified atom stereocenters. The first-order valence-electron chi connectivity index (χ1n) is 7.95. The highest BCUT2D eigenvalue weighted by Crippen LogP contribution is 2.28. The van der Waals surface area contributed by atoms with Crippen LogP contribution >= 0.6 is 0 Å². The number of amides is 1. The Morgan fingerprint density at radius 1 is 1.14 bits per heavy atom. The summed E-state index contributed by atoms with van der Waals surface area (Å²) in [6.07, 6.45) is 5.04. The molecule has 0 bridgehead atoms. The number of esters is 1. The number of nitrogens with one attached hydrogen (secondary N) is 1. The van der Waals surface area contributed by atoms with Crippen molar-refractivity contribution in [2.45, 2.75) is 77.9 Å². The van der Waals surface area contributed by atoms with Crippen molar-refractivity contribution in [1.29, 1.82) is 0 Å². The lowest BCUT2D eigenvalue weighted by atomic mass is 9.83. The van der Waals surface area contributed by atoms with Crippen molar-refractivity contribution < 1.29 is 19.1 Å². The van der Waals surface area contributed by atoms with Gasteiger partial charge in [0.05, 0.1) is 6.61 Å². The maximum Gasteiger partial charge on any atom is 0.407 e. The molecule has 0 aromatic carbocycles. The van der Waals surface area contributed by atoms with E-state index >= 15 is 0 Å². The largest absolute Gasteiger partial charge is 0.466 e. The van der Waals surface area contributed by atoms with E-state index < -0.39 is 5.60 Å². The van der Waals surface area contributed by atoms with Crippen LogP contribution in [0.4, 0.5) is 4.79 Å². The molecule has 21 heavy (non-hydrogen) atoms. The van der Waals surface area contributed by atoms with Gasteiger partial charge in [-0.1, -0.05) is 0 Å². The van der Waals surface area contributed by atoms with Crippen molar-refractivity contribution in [2.75, 3.05) is 6.61 Å². The molecule has 0 spiro atoms. The normalized spacial score (nSPS) is 22.5. The molecule has 5 nitrogen and oxygen atoms in total. The SMILES string of the molecule is CCOC(=O)CCC1CCC(NC(=O)OC(C)(C)C)CC1. The maximum absolute atomic E-state index is 11.7. The van der Waals surface area contributed by atoms with Gasteiger partial charge in [0, 0.05) is 12.5 Å². The van der Waals surface area contributed by atoms with Crippen LogP contribution in [0.2, 0.25) is 0 Å². The maximum atomic E-state index is 11.7.